The van der Waals surface area contributed by atoms with E-state index in [0.29, 0.717) is 12.1 Å². The molecule has 2 heterocycles. The molecular weight excluding hydrogens is 352 g/mol. The van der Waals surface area contributed by atoms with Crippen LogP contribution in [0.5, 0.6) is 0 Å². The van der Waals surface area contributed by atoms with E-state index < -0.39 is 0 Å². The third kappa shape index (κ3) is 5.44. The Labute approximate surface area is 155 Å². The van der Waals surface area contributed by atoms with Crippen LogP contribution >= 0.6 is 23.1 Å². The Morgan fingerprint density at radius 1 is 1.32 bits per heavy atom. The largest absolute Gasteiger partial charge is 0.352 e. The van der Waals surface area contributed by atoms with Crippen molar-refractivity contribution >= 4 is 29.0 Å². The Hall–Kier alpha value is -2.12. The molecule has 0 spiro atoms. The summed E-state index contributed by atoms with van der Waals surface area (Å²) in [6, 6.07) is 7.73. The fraction of sp³-hybridized carbons (Fsp3) is 0.278. The summed E-state index contributed by atoms with van der Waals surface area (Å²) < 4.78 is 2.00. The lowest BCUT2D eigenvalue weighted by molar-refractivity contribution is 0.0952. The number of aromatic nitrogens is 3. The second-order valence-electron chi connectivity index (χ2n) is 5.58. The van der Waals surface area contributed by atoms with Crippen LogP contribution < -0.4 is 5.32 Å². The first-order chi connectivity index (χ1) is 12.2. The predicted molar refractivity (Wildman–Crippen MR) is 102 cm³/mol. The highest BCUT2D eigenvalue weighted by Crippen LogP contribution is 2.23. The first-order valence-corrected chi connectivity index (χ1v) is 9.95. The van der Waals surface area contributed by atoms with E-state index in [1.807, 2.05) is 42.0 Å². The van der Waals surface area contributed by atoms with E-state index in [0.717, 1.165) is 34.3 Å². The molecule has 0 saturated carbocycles. The van der Waals surface area contributed by atoms with Crippen LogP contribution in [0.1, 0.15) is 27.5 Å². The normalized spacial score (nSPS) is 10.8. The van der Waals surface area contributed by atoms with Gasteiger partial charge in [-0.2, -0.15) is 0 Å². The predicted octanol–water partition coefficient (Wildman–Crippen LogP) is 3.76. The number of carbonyl (C=O) groups is 1. The molecule has 0 saturated heterocycles. The highest BCUT2D eigenvalue weighted by atomic mass is 32.2. The lowest BCUT2D eigenvalue weighted by Crippen LogP contribution is -2.25. The van der Waals surface area contributed by atoms with Crippen LogP contribution in [0.2, 0.25) is 0 Å². The Balaban J connectivity index is 1.42. The van der Waals surface area contributed by atoms with Gasteiger partial charge in [0.1, 0.15) is 0 Å². The van der Waals surface area contributed by atoms with Crippen molar-refractivity contribution in [1.29, 1.82) is 0 Å². The number of benzene rings is 1. The molecule has 1 aromatic carbocycles. The Bertz CT molecular complexity index is 797. The van der Waals surface area contributed by atoms with Crippen LogP contribution in [0.25, 0.3) is 0 Å². The standard InChI is InChI=1S/C18H20N4OS2/c1-14-21-16(11-24-14)12-25-17-5-3-15(4-6-17)18(23)20-7-2-9-22-10-8-19-13-22/h3-6,8,10-11,13H,2,7,9,12H2,1H3,(H,20,23). The topological polar surface area (TPSA) is 59.8 Å². The van der Waals surface area contributed by atoms with Crippen molar-refractivity contribution in [3.63, 3.8) is 0 Å². The Kier molecular flexibility index (Phi) is 6.25. The molecule has 5 nitrogen and oxygen atoms in total. The van der Waals surface area contributed by atoms with Crippen molar-refractivity contribution in [2.45, 2.75) is 30.5 Å². The number of hydrogen-bond acceptors (Lipinski definition) is 5. The van der Waals surface area contributed by atoms with Crippen molar-refractivity contribution in [3.8, 4) is 0 Å². The van der Waals surface area contributed by atoms with E-state index >= 15 is 0 Å². The molecule has 0 bridgehead atoms. The minimum Gasteiger partial charge on any atom is -0.352 e. The summed E-state index contributed by atoms with van der Waals surface area (Å²) in [6.45, 7) is 3.52. The molecule has 0 aliphatic heterocycles. The van der Waals surface area contributed by atoms with Gasteiger partial charge in [-0.25, -0.2) is 9.97 Å². The molecule has 0 radical (unpaired) electrons. The zero-order chi connectivity index (χ0) is 17.5. The number of nitrogens with one attached hydrogen (secondary N) is 1. The molecule has 3 rings (SSSR count). The van der Waals surface area contributed by atoms with Gasteiger partial charge in [0.2, 0.25) is 0 Å². The van der Waals surface area contributed by atoms with Crippen LogP contribution in [0.4, 0.5) is 0 Å². The van der Waals surface area contributed by atoms with Gasteiger partial charge < -0.3 is 9.88 Å². The zero-order valence-electron chi connectivity index (χ0n) is 14.0. The summed E-state index contributed by atoms with van der Waals surface area (Å²) in [5.41, 5.74) is 1.80. The number of nitrogens with zero attached hydrogens (tertiary/aromatic N) is 3. The number of imidazole rings is 1. The molecule has 3 aromatic rings. The van der Waals surface area contributed by atoms with Gasteiger partial charge in [-0.05, 0) is 37.6 Å². The minimum absolute atomic E-state index is 0.0303. The van der Waals surface area contributed by atoms with Crippen LogP contribution in [-0.4, -0.2) is 27.0 Å². The third-order valence-corrected chi connectivity index (χ3v) is 5.48. The number of thiazole rings is 1. The molecule has 130 valence electrons. The van der Waals surface area contributed by atoms with Gasteiger partial charge in [0, 0.05) is 47.1 Å². The van der Waals surface area contributed by atoms with Gasteiger partial charge in [0.05, 0.1) is 17.0 Å². The SMILES string of the molecule is Cc1nc(CSc2ccc(C(=O)NCCCn3ccnc3)cc2)cs1. The van der Waals surface area contributed by atoms with Crippen molar-refractivity contribution in [2.75, 3.05) is 6.54 Å². The van der Waals surface area contributed by atoms with Crippen molar-refractivity contribution in [3.05, 3.63) is 64.6 Å². The number of rotatable bonds is 8. The van der Waals surface area contributed by atoms with Gasteiger partial charge in [-0.15, -0.1) is 23.1 Å². The first-order valence-electron chi connectivity index (χ1n) is 8.08. The lowest BCUT2D eigenvalue weighted by Gasteiger charge is -2.06. The van der Waals surface area contributed by atoms with Crippen LogP contribution in [0.3, 0.4) is 0 Å². The minimum atomic E-state index is -0.0303. The number of thioether (sulfide) groups is 1. The summed E-state index contributed by atoms with van der Waals surface area (Å²) >= 11 is 3.40. The quantitative estimate of drug-likeness (QED) is 0.483. The highest BCUT2D eigenvalue weighted by Gasteiger charge is 2.06. The van der Waals surface area contributed by atoms with Gasteiger partial charge in [0.15, 0.2) is 0 Å². The van der Waals surface area contributed by atoms with E-state index in [2.05, 4.69) is 20.7 Å². The lowest BCUT2D eigenvalue weighted by atomic mass is 10.2. The summed E-state index contributed by atoms with van der Waals surface area (Å²) in [7, 11) is 0. The number of carbonyl (C=O) groups excluding carboxylic acids is 1. The average Bonchev–Trinajstić information content (AvgIpc) is 3.29. The van der Waals surface area contributed by atoms with Gasteiger partial charge in [-0.1, -0.05) is 0 Å². The highest BCUT2D eigenvalue weighted by molar-refractivity contribution is 7.98. The summed E-state index contributed by atoms with van der Waals surface area (Å²) in [4.78, 5) is 21.8. The smallest absolute Gasteiger partial charge is 0.251 e. The molecule has 0 fully saturated rings. The number of amides is 1. The number of hydrogen-bond donors (Lipinski definition) is 1. The molecule has 0 aliphatic rings. The van der Waals surface area contributed by atoms with Gasteiger partial charge >= 0.3 is 0 Å². The molecule has 25 heavy (non-hydrogen) atoms. The van der Waals surface area contributed by atoms with E-state index in [-0.39, 0.29) is 5.91 Å². The fourth-order valence-corrected chi connectivity index (χ4v) is 3.83. The van der Waals surface area contributed by atoms with Crippen LogP contribution in [0, 0.1) is 6.92 Å². The van der Waals surface area contributed by atoms with E-state index in [4.69, 9.17) is 0 Å². The summed E-state index contributed by atoms with van der Waals surface area (Å²) in [5, 5.41) is 6.14. The average molecular weight is 373 g/mol. The molecule has 2 aromatic heterocycles. The number of aryl methyl sites for hydroxylation is 2. The second-order valence-corrected chi connectivity index (χ2v) is 7.69. The maximum atomic E-state index is 12.2. The first kappa shape index (κ1) is 17.7. The molecule has 0 atom stereocenters. The zero-order valence-corrected chi connectivity index (χ0v) is 15.6. The van der Waals surface area contributed by atoms with Crippen LogP contribution in [0.15, 0.2) is 53.3 Å². The molecule has 0 aliphatic carbocycles. The Morgan fingerprint density at radius 2 is 2.16 bits per heavy atom. The monoisotopic (exact) mass is 372 g/mol. The van der Waals surface area contributed by atoms with E-state index in [1.165, 1.54) is 0 Å². The molecule has 0 unspecified atom stereocenters. The molecule has 1 amide bonds. The van der Waals surface area contributed by atoms with Crippen LogP contribution in [-0.2, 0) is 12.3 Å². The van der Waals surface area contributed by atoms with E-state index in [9.17, 15) is 4.79 Å². The maximum Gasteiger partial charge on any atom is 0.251 e. The van der Waals surface area contributed by atoms with Crippen molar-refractivity contribution in [2.24, 2.45) is 0 Å². The summed E-state index contributed by atoms with van der Waals surface area (Å²) in [6.07, 6.45) is 6.34. The maximum absolute atomic E-state index is 12.2. The van der Waals surface area contributed by atoms with Gasteiger partial charge in [0.25, 0.3) is 5.91 Å². The fourth-order valence-electron chi connectivity index (χ4n) is 2.32. The molecule has 1 N–H and O–H groups in total. The van der Waals surface area contributed by atoms with Gasteiger partial charge in [-0.3, -0.25) is 4.79 Å². The Morgan fingerprint density at radius 3 is 2.84 bits per heavy atom. The molecule has 7 heteroatoms. The third-order valence-electron chi connectivity index (χ3n) is 3.61. The van der Waals surface area contributed by atoms with E-state index in [1.54, 1.807) is 35.6 Å². The molecular formula is C18H20N4OS2. The van der Waals surface area contributed by atoms with Crippen molar-refractivity contribution in [1.82, 2.24) is 19.9 Å². The van der Waals surface area contributed by atoms with Crippen molar-refractivity contribution < 1.29 is 4.79 Å². The second kappa shape index (κ2) is 8.82. The summed E-state index contributed by atoms with van der Waals surface area (Å²) in [5.74, 6) is 0.821.